The Morgan fingerprint density at radius 1 is 0.967 bits per heavy atom. The number of carbonyl (C=O) groups excluding carboxylic acids is 1. The van der Waals surface area contributed by atoms with Crippen LogP contribution in [0.4, 0.5) is 5.69 Å². The van der Waals surface area contributed by atoms with Crippen molar-refractivity contribution in [2.75, 3.05) is 11.9 Å². The molecule has 1 N–H and O–H groups in total. The van der Waals surface area contributed by atoms with Crippen LogP contribution in [-0.2, 0) is 21.4 Å². The van der Waals surface area contributed by atoms with Gasteiger partial charge in [0, 0.05) is 24.0 Å². The van der Waals surface area contributed by atoms with E-state index in [4.69, 9.17) is 34.8 Å². The van der Waals surface area contributed by atoms with Gasteiger partial charge in [-0.05, 0) is 42.0 Å². The summed E-state index contributed by atoms with van der Waals surface area (Å²) in [5.74, 6) is -0.591. The molecule has 1 aromatic heterocycles. The molecule has 3 aromatic rings. The van der Waals surface area contributed by atoms with Gasteiger partial charge in [-0.2, -0.15) is 4.31 Å². The van der Waals surface area contributed by atoms with Gasteiger partial charge in [-0.3, -0.25) is 9.78 Å². The van der Waals surface area contributed by atoms with E-state index in [0.717, 1.165) is 4.31 Å². The summed E-state index contributed by atoms with van der Waals surface area (Å²) >= 11 is 18.1. The van der Waals surface area contributed by atoms with Crippen LogP contribution < -0.4 is 5.32 Å². The van der Waals surface area contributed by atoms with Gasteiger partial charge in [0.05, 0.1) is 22.3 Å². The van der Waals surface area contributed by atoms with Gasteiger partial charge in [0.2, 0.25) is 15.9 Å². The summed E-state index contributed by atoms with van der Waals surface area (Å²) in [4.78, 5) is 16.5. The number of amides is 1. The number of sulfonamides is 1. The number of hydrogen-bond donors (Lipinski definition) is 1. The first kappa shape index (κ1) is 22.5. The van der Waals surface area contributed by atoms with Crippen LogP contribution in [0.3, 0.4) is 0 Å². The van der Waals surface area contributed by atoms with Gasteiger partial charge in [0.15, 0.2) is 0 Å². The molecule has 6 nitrogen and oxygen atoms in total. The second-order valence-corrected chi connectivity index (χ2v) is 9.42. The molecule has 2 aromatic carbocycles. The van der Waals surface area contributed by atoms with Crippen LogP contribution in [-0.4, -0.2) is 30.2 Å². The number of pyridine rings is 1. The third kappa shape index (κ3) is 5.50. The van der Waals surface area contributed by atoms with Crippen molar-refractivity contribution in [1.29, 1.82) is 0 Å². The van der Waals surface area contributed by atoms with Crippen molar-refractivity contribution in [3.63, 3.8) is 0 Å². The third-order valence-electron chi connectivity index (χ3n) is 4.09. The fourth-order valence-electron chi connectivity index (χ4n) is 2.62. The number of nitrogens with zero attached hydrogens (tertiary/aromatic N) is 2. The number of aromatic nitrogens is 1. The minimum Gasteiger partial charge on any atom is -0.322 e. The molecule has 0 saturated carbocycles. The first-order chi connectivity index (χ1) is 14.3. The zero-order chi connectivity index (χ0) is 21.7. The molecule has 0 unspecified atom stereocenters. The van der Waals surface area contributed by atoms with E-state index in [1.807, 2.05) is 0 Å². The summed E-state index contributed by atoms with van der Waals surface area (Å²) < 4.78 is 27.4. The van der Waals surface area contributed by atoms with E-state index < -0.39 is 22.5 Å². The Balaban J connectivity index is 1.89. The second-order valence-electron chi connectivity index (χ2n) is 6.23. The van der Waals surface area contributed by atoms with Crippen LogP contribution >= 0.6 is 34.8 Å². The Kier molecular flexibility index (Phi) is 7.33. The SMILES string of the molecule is O=C(CN(Cc1ccc(Cl)cc1)S(=O)(=O)c1cccnc1)Nc1c(Cl)cccc1Cl. The Morgan fingerprint density at radius 2 is 1.63 bits per heavy atom. The van der Waals surface area contributed by atoms with Crippen molar-refractivity contribution in [2.45, 2.75) is 11.4 Å². The first-order valence-corrected chi connectivity index (χ1v) is 11.2. The van der Waals surface area contributed by atoms with Crippen LogP contribution in [0.1, 0.15) is 5.56 Å². The van der Waals surface area contributed by atoms with Gasteiger partial charge < -0.3 is 5.32 Å². The average Bonchev–Trinajstić information content (AvgIpc) is 2.72. The molecule has 0 aliphatic heterocycles. The number of hydrogen-bond acceptors (Lipinski definition) is 4. The summed E-state index contributed by atoms with van der Waals surface area (Å²) in [6.45, 7) is -0.501. The maximum absolute atomic E-state index is 13.2. The molecule has 3 rings (SSSR count). The summed E-state index contributed by atoms with van der Waals surface area (Å²) in [5.41, 5.74) is 0.881. The number of anilines is 1. The molecule has 0 radical (unpaired) electrons. The average molecular weight is 485 g/mol. The normalized spacial score (nSPS) is 11.5. The number of halogens is 3. The molecular formula is C20H16Cl3N3O3S. The predicted molar refractivity (Wildman–Crippen MR) is 118 cm³/mol. The van der Waals surface area contributed by atoms with Crippen LogP contribution in [0.2, 0.25) is 15.1 Å². The molecule has 0 saturated heterocycles. The molecule has 1 heterocycles. The van der Waals surface area contributed by atoms with E-state index in [-0.39, 0.29) is 27.2 Å². The standard InChI is InChI=1S/C20H16Cl3N3O3S/c21-15-8-6-14(7-9-15)12-26(30(28,29)16-3-2-10-24-11-16)13-19(27)25-20-17(22)4-1-5-18(20)23/h1-11H,12-13H2,(H,25,27). The number of carbonyl (C=O) groups is 1. The van der Waals surface area contributed by atoms with Crippen LogP contribution in [0.15, 0.2) is 71.9 Å². The highest BCUT2D eigenvalue weighted by Crippen LogP contribution is 2.30. The fraction of sp³-hybridized carbons (Fsp3) is 0.100. The lowest BCUT2D eigenvalue weighted by atomic mass is 10.2. The van der Waals surface area contributed by atoms with Crippen molar-refractivity contribution in [2.24, 2.45) is 0 Å². The van der Waals surface area contributed by atoms with Gasteiger partial charge in [-0.1, -0.05) is 53.0 Å². The monoisotopic (exact) mass is 483 g/mol. The Hall–Kier alpha value is -2.16. The van der Waals surface area contributed by atoms with E-state index in [1.54, 1.807) is 42.5 Å². The van der Waals surface area contributed by atoms with Gasteiger partial charge in [0.1, 0.15) is 4.90 Å². The quantitative estimate of drug-likeness (QED) is 0.519. The molecule has 0 bridgehead atoms. The lowest BCUT2D eigenvalue weighted by Crippen LogP contribution is -2.37. The van der Waals surface area contributed by atoms with E-state index in [0.29, 0.717) is 10.6 Å². The molecule has 1 amide bonds. The zero-order valence-electron chi connectivity index (χ0n) is 15.4. The number of para-hydroxylation sites is 1. The highest BCUT2D eigenvalue weighted by Gasteiger charge is 2.27. The maximum Gasteiger partial charge on any atom is 0.245 e. The smallest absolute Gasteiger partial charge is 0.245 e. The van der Waals surface area contributed by atoms with E-state index in [1.165, 1.54) is 24.5 Å². The molecule has 0 fully saturated rings. The lowest BCUT2D eigenvalue weighted by molar-refractivity contribution is -0.116. The largest absolute Gasteiger partial charge is 0.322 e. The fourth-order valence-corrected chi connectivity index (χ4v) is 4.59. The zero-order valence-corrected chi connectivity index (χ0v) is 18.5. The molecule has 0 atom stereocenters. The van der Waals surface area contributed by atoms with Gasteiger partial charge >= 0.3 is 0 Å². The molecule has 0 aliphatic carbocycles. The molecule has 156 valence electrons. The molecule has 0 spiro atoms. The highest BCUT2D eigenvalue weighted by molar-refractivity contribution is 7.89. The van der Waals surface area contributed by atoms with Crippen LogP contribution in [0, 0.1) is 0 Å². The highest BCUT2D eigenvalue weighted by atomic mass is 35.5. The van der Waals surface area contributed by atoms with Crippen molar-refractivity contribution >= 4 is 56.4 Å². The lowest BCUT2D eigenvalue weighted by Gasteiger charge is -2.22. The number of rotatable bonds is 7. The molecule has 10 heteroatoms. The van der Waals surface area contributed by atoms with E-state index >= 15 is 0 Å². The number of benzene rings is 2. The van der Waals surface area contributed by atoms with Crippen molar-refractivity contribution < 1.29 is 13.2 Å². The topological polar surface area (TPSA) is 79.4 Å². The summed E-state index contributed by atoms with van der Waals surface area (Å²) in [6.07, 6.45) is 2.70. The molecular weight excluding hydrogens is 469 g/mol. The summed E-state index contributed by atoms with van der Waals surface area (Å²) in [7, 11) is -4.01. The minimum absolute atomic E-state index is 0.0254. The minimum atomic E-state index is -4.01. The number of nitrogens with one attached hydrogen (secondary N) is 1. The van der Waals surface area contributed by atoms with Crippen LogP contribution in [0.25, 0.3) is 0 Å². The Bertz CT molecular complexity index is 1120. The Labute approximate surface area is 189 Å². The second kappa shape index (κ2) is 9.76. The predicted octanol–water partition coefficient (Wildman–Crippen LogP) is 4.87. The van der Waals surface area contributed by atoms with E-state index in [2.05, 4.69) is 10.3 Å². The van der Waals surface area contributed by atoms with Crippen molar-refractivity contribution in [3.05, 3.63) is 87.6 Å². The summed E-state index contributed by atoms with van der Waals surface area (Å²) in [5, 5.41) is 3.59. The van der Waals surface area contributed by atoms with Gasteiger partial charge in [-0.15, -0.1) is 0 Å². The molecule has 0 aliphatic rings. The molecule has 30 heavy (non-hydrogen) atoms. The van der Waals surface area contributed by atoms with E-state index in [9.17, 15) is 13.2 Å². The maximum atomic E-state index is 13.2. The summed E-state index contributed by atoms with van der Waals surface area (Å²) in [6, 6.07) is 14.4. The van der Waals surface area contributed by atoms with Crippen LogP contribution in [0.5, 0.6) is 0 Å². The van der Waals surface area contributed by atoms with Gasteiger partial charge in [0.25, 0.3) is 0 Å². The third-order valence-corrected chi connectivity index (χ3v) is 6.75. The Morgan fingerprint density at radius 3 is 2.23 bits per heavy atom. The van der Waals surface area contributed by atoms with Crippen molar-refractivity contribution in [1.82, 2.24) is 9.29 Å². The van der Waals surface area contributed by atoms with Gasteiger partial charge in [-0.25, -0.2) is 8.42 Å². The van der Waals surface area contributed by atoms with Crippen molar-refractivity contribution in [3.8, 4) is 0 Å². The first-order valence-electron chi connectivity index (χ1n) is 8.66.